The van der Waals surface area contributed by atoms with E-state index in [1.54, 1.807) is 0 Å². The summed E-state index contributed by atoms with van der Waals surface area (Å²) in [5, 5.41) is 14.7. The molecule has 1 unspecified atom stereocenters. The van der Waals surface area contributed by atoms with E-state index in [1.165, 1.54) is 28.5 Å². The van der Waals surface area contributed by atoms with Gasteiger partial charge in [-0.25, -0.2) is 8.42 Å². The topological polar surface area (TPSA) is 112 Å². The number of aliphatic hydroxyl groups excluding tert-OH is 1. The van der Waals surface area contributed by atoms with E-state index in [-0.39, 0.29) is 33.9 Å². The fraction of sp³-hybridized carbons (Fsp3) is 0.357. The van der Waals surface area contributed by atoms with E-state index >= 15 is 0 Å². The number of amides is 1. The maximum absolute atomic E-state index is 12.9. The van der Waals surface area contributed by atoms with Crippen molar-refractivity contribution in [2.24, 2.45) is 0 Å². The molecule has 1 fully saturated rings. The molecule has 0 spiro atoms. The standard InChI is InChI=1S/C14H15ClN4O4S2/c15-9-3-4-11(14(21)19-5-1-2-10(19)7-20)12(6-9)25(22,23)17-13-8-24-18-16-13/h3-4,6,8,10,17,20H,1-2,5,7H2. The van der Waals surface area contributed by atoms with Gasteiger partial charge in [-0.2, -0.15) is 0 Å². The maximum atomic E-state index is 12.9. The van der Waals surface area contributed by atoms with Gasteiger partial charge in [-0.05, 0) is 42.6 Å². The number of halogens is 1. The SMILES string of the molecule is O=C(c1ccc(Cl)cc1S(=O)(=O)Nc1csnn1)N1CCCC1CO. The molecule has 0 bridgehead atoms. The Bertz CT molecular complexity index is 873. The van der Waals surface area contributed by atoms with Crippen molar-refractivity contribution in [1.82, 2.24) is 14.5 Å². The molecule has 0 aliphatic carbocycles. The predicted octanol–water partition coefficient (Wildman–Crippen LogP) is 1.59. The molecule has 0 radical (unpaired) electrons. The van der Waals surface area contributed by atoms with Crippen LogP contribution in [0.15, 0.2) is 28.5 Å². The summed E-state index contributed by atoms with van der Waals surface area (Å²) in [6, 6.07) is 3.75. The summed E-state index contributed by atoms with van der Waals surface area (Å²) in [4.78, 5) is 14.1. The first-order valence-electron chi connectivity index (χ1n) is 7.43. The zero-order chi connectivity index (χ0) is 18.0. The number of benzene rings is 1. The van der Waals surface area contributed by atoms with Crippen LogP contribution in [0.3, 0.4) is 0 Å². The second kappa shape index (κ2) is 7.24. The molecule has 1 aromatic carbocycles. The molecule has 1 atom stereocenters. The van der Waals surface area contributed by atoms with Crippen LogP contribution in [0, 0.1) is 0 Å². The Kier molecular flexibility index (Phi) is 5.23. The first kappa shape index (κ1) is 18.1. The molecular formula is C14H15ClN4O4S2. The fourth-order valence-electron chi connectivity index (χ4n) is 2.74. The summed E-state index contributed by atoms with van der Waals surface area (Å²) in [5.41, 5.74) is 0.000406. The van der Waals surface area contributed by atoms with Crippen LogP contribution in [0.2, 0.25) is 5.02 Å². The van der Waals surface area contributed by atoms with Gasteiger partial charge in [0.2, 0.25) is 0 Å². The molecule has 0 saturated carbocycles. The number of nitrogens with one attached hydrogen (secondary N) is 1. The Balaban J connectivity index is 1.99. The van der Waals surface area contributed by atoms with Crippen molar-refractivity contribution >= 4 is 44.9 Å². The Morgan fingerprint density at radius 1 is 1.48 bits per heavy atom. The smallest absolute Gasteiger partial charge is 0.263 e. The molecule has 8 nitrogen and oxygen atoms in total. The van der Waals surface area contributed by atoms with Crippen molar-refractivity contribution in [1.29, 1.82) is 0 Å². The number of carbonyl (C=O) groups excluding carboxylic acids is 1. The van der Waals surface area contributed by atoms with Gasteiger partial charge in [0.05, 0.1) is 23.6 Å². The summed E-state index contributed by atoms with van der Waals surface area (Å²) in [6.07, 6.45) is 1.44. The molecule has 3 rings (SSSR count). The molecule has 1 aliphatic rings. The van der Waals surface area contributed by atoms with Crippen LogP contribution < -0.4 is 4.72 Å². The van der Waals surface area contributed by atoms with Crippen LogP contribution >= 0.6 is 23.1 Å². The van der Waals surface area contributed by atoms with Gasteiger partial charge in [0.1, 0.15) is 4.90 Å². The van der Waals surface area contributed by atoms with Crippen molar-refractivity contribution in [3.63, 3.8) is 0 Å². The van der Waals surface area contributed by atoms with Gasteiger partial charge in [-0.15, -0.1) is 5.10 Å². The summed E-state index contributed by atoms with van der Waals surface area (Å²) >= 11 is 6.94. The summed E-state index contributed by atoms with van der Waals surface area (Å²) < 4.78 is 31.3. The second-order valence-electron chi connectivity index (χ2n) is 5.51. The Hall–Kier alpha value is -1.75. The van der Waals surface area contributed by atoms with Gasteiger partial charge in [-0.3, -0.25) is 9.52 Å². The number of carbonyl (C=O) groups is 1. The van der Waals surface area contributed by atoms with Crippen molar-refractivity contribution < 1.29 is 18.3 Å². The van der Waals surface area contributed by atoms with E-state index in [0.29, 0.717) is 13.0 Å². The van der Waals surface area contributed by atoms with Crippen LogP contribution in [-0.2, 0) is 10.0 Å². The zero-order valence-corrected chi connectivity index (χ0v) is 15.3. The largest absolute Gasteiger partial charge is 0.394 e. The van der Waals surface area contributed by atoms with E-state index in [4.69, 9.17) is 11.6 Å². The van der Waals surface area contributed by atoms with E-state index in [1.807, 2.05) is 0 Å². The number of anilines is 1. The highest BCUT2D eigenvalue weighted by Crippen LogP contribution is 2.27. The van der Waals surface area contributed by atoms with Gasteiger partial charge in [0, 0.05) is 11.6 Å². The fourth-order valence-corrected chi connectivity index (χ4v) is 4.66. The van der Waals surface area contributed by atoms with Crippen LogP contribution in [0.25, 0.3) is 0 Å². The van der Waals surface area contributed by atoms with Crippen LogP contribution in [0.4, 0.5) is 5.82 Å². The van der Waals surface area contributed by atoms with Gasteiger partial charge in [0.25, 0.3) is 15.9 Å². The van der Waals surface area contributed by atoms with E-state index in [2.05, 4.69) is 14.3 Å². The van der Waals surface area contributed by atoms with E-state index in [0.717, 1.165) is 18.0 Å². The Morgan fingerprint density at radius 2 is 2.28 bits per heavy atom. The number of sulfonamides is 1. The van der Waals surface area contributed by atoms with Gasteiger partial charge < -0.3 is 10.0 Å². The lowest BCUT2D eigenvalue weighted by Crippen LogP contribution is -2.38. The average molecular weight is 403 g/mol. The first-order chi connectivity index (χ1) is 11.9. The van der Waals surface area contributed by atoms with Crippen molar-refractivity contribution in [2.45, 2.75) is 23.8 Å². The molecule has 1 aliphatic heterocycles. The van der Waals surface area contributed by atoms with Gasteiger partial charge >= 0.3 is 0 Å². The molecule has 2 N–H and O–H groups in total. The van der Waals surface area contributed by atoms with Crippen molar-refractivity contribution in [3.05, 3.63) is 34.2 Å². The highest BCUT2D eigenvalue weighted by molar-refractivity contribution is 7.92. The predicted molar refractivity (Wildman–Crippen MR) is 93.3 cm³/mol. The minimum Gasteiger partial charge on any atom is -0.394 e. The molecule has 2 aromatic rings. The molecule has 1 amide bonds. The van der Waals surface area contributed by atoms with Crippen LogP contribution in [-0.4, -0.2) is 53.1 Å². The quantitative estimate of drug-likeness (QED) is 0.785. The molecular weight excluding hydrogens is 388 g/mol. The van der Waals surface area contributed by atoms with Crippen LogP contribution in [0.5, 0.6) is 0 Å². The average Bonchev–Trinajstić information content (AvgIpc) is 3.24. The number of hydrogen-bond acceptors (Lipinski definition) is 7. The summed E-state index contributed by atoms with van der Waals surface area (Å²) in [5.74, 6) is -0.386. The molecule has 11 heteroatoms. The van der Waals surface area contributed by atoms with E-state index in [9.17, 15) is 18.3 Å². The monoisotopic (exact) mass is 402 g/mol. The number of nitrogens with zero attached hydrogens (tertiary/aromatic N) is 3. The lowest BCUT2D eigenvalue weighted by molar-refractivity contribution is 0.0674. The second-order valence-corrected chi connectivity index (χ2v) is 8.21. The third kappa shape index (κ3) is 3.76. The van der Waals surface area contributed by atoms with Crippen molar-refractivity contribution in [2.75, 3.05) is 17.9 Å². The molecule has 2 heterocycles. The third-order valence-corrected chi connectivity index (χ3v) is 6.05. The van der Waals surface area contributed by atoms with E-state index < -0.39 is 15.9 Å². The number of aromatic nitrogens is 2. The molecule has 25 heavy (non-hydrogen) atoms. The Labute approximate surface area is 153 Å². The lowest BCUT2D eigenvalue weighted by Gasteiger charge is -2.24. The highest BCUT2D eigenvalue weighted by Gasteiger charge is 2.32. The molecule has 1 saturated heterocycles. The van der Waals surface area contributed by atoms with Crippen LogP contribution in [0.1, 0.15) is 23.2 Å². The number of aliphatic hydroxyl groups is 1. The Morgan fingerprint density at radius 3 is 2.96 bits per heavy atom. The highest BCUT2D eigenvalue weighted by atomic mass is 35.5. The van der Waals surface area contributed by atoms with Crippen molar-refractivity contribution in [3.8, 4) is 0 Å². The molecule has 1 aromatic heterocycles. The van der Waals surface area contributed by atoms with Gasteiger partial charge in [0.15, 0.2) is 5.82 Å². The summed E-state index contributed by atoms with van der Waals surface area (Å²) in [6.45, 7) is 0.305. The normalized spacial score (nSPS) is 17.7. The number of rotatable bonds is 5. The third-order valence-electron chi connectivity index (χ3n) is 3.91. The first-order valence-corrected chi connectivity index (χ1v) is 10.1. The minimum absolute atomic E-state index is 0.000406. The molecule has 134 valence electrons. The maximum Gasteiger partial charge on any atom is 0.263 e. The lowest BCUT2D eigenvalue weighted by atomic mass is 10.1. The number of likely N-dealkylation sites (tertiary alicyclic amines) is 1. The zero-order valence-electron chi connectivity index (χ0n) is 12.9. The van der Waals surface area contributed by atoms with Gasteiger partial charge in [-0.1, -0.05) is 16.1 Å². The minimum atomic E-state index is -4.08. The summed E-state index contributed by atoms with van der Waals surface area (Å²) in [7, 11) is -4.08. The number of hydrogen-bond donors (Lipinski definition) is 2.